The molecule has 1 N–H and O–H groups in total. The molecule has 0 heterocycles. The molecule has 0 aliphatic rings. The zero-order valence-corrected chi connectivity index (χ0v) is 13.4. The zero-order valence-electron chi connectivity index (χ0n) is 12.5. The van der Waals surface area contributed by atoms with Crippen LogP contribution >= 0.6 is 0 Å². The second kappa shape index (κ2) is 7.28. The Labute approximate surface area is 124 Å². The maximum atomic E-state index is 11.8. The van der Waals surface area contributed by atoms with Crippen LogP contribution in [-0.2, 0) is 14.8 Å². The number of nitrogens with zero attached hydrogens (tertiary/aromatic N) is 1. The molecule has 1 amide bonds. The predicted molar refractivity (Wildman–Crippen MR) is 80.4 cm³/mol. The number of methoxy groups -OCH3 is 2. The van der Waals surface area contributed by atoms with Gasteiger partial charge in [-0.15, -0.1) is 0 Å². The van der Waals surface area contributed by atoms with Crippen molar-refractivity contribution in [3.05, 3.63) is 18.2 Å². The molecule has 0 unspecified atom stereocenters. The average molecular weight is 316 g/mol. The standard InChI is InChI=1S/C13H20N2O5S/c1-10(16)15(8-7-14-21(4,17)18)12-6-5-11(19-2)9-13(12)20-3/h5-6,9,14H,7-8H2,1-4H3. The first-order chi connectivity index (χ1) is 9.78. The monoisotopic (exact) mass is 316 g/mol. The molecule has 1 aromatic rings. The van der Waals surface area contributed by atoms with Gasteiger partial charge in [-0.1, -0.05) is 0 Å². The van der Waals surface area contributed by atoms with Crippen molar-refractivity contribution in [2.75, 3.05) is 38.5 Å². The minimum atomic E-state index is -3.29. The van der Waals surface area contributed by atoms with Crippen molar-refractivity contribution < 1.29 is 22.7 Å². The van der Waals surface area contributed by atoms with E-state index in [1.807, 2.05) is 0 Å². The zero-order chi connectivity index (χ0) is 16.0. The molecule has 7 nitrogen and oxygen atoms in total. The predicted octanol–water partition coefficient (Wildman–Crippen LogP) is 0.606. The second-order valence-electron chi connectivity index (χ2n) is 4.37. The van der Waals surface area contributed by atoms with Gasteiger partial charge in [-0.25, -0.2) is 13.1 Å². The Balaban J connectivity index is 2.97. The third-order valence-electron chi connectivity index (χ3n) is 2.76. The van der Waals surface area contributed by atoms with Crippen LogP contribution in [0, 0.1) is 0 Å². The summed E-state index contributed by atoms with van der Waals surface area (Å²) in [6.45, 7) is 1.73. The van der Waals surface area contributed by atoms with Crippen LogP contribution in [0.5, 0.6) is 11.5 Å². The van der Waals surface area contributed by atoms with E-state index in [-0.39, 0.29) is 19.0 Å². The highest BCUT2D eigenvalue weighted by molar-refractivity contribution is 7.88. The van der Waals surface area contributed by atoms with Crippen molar-refractivity contribution >= 4 is 21.6 Å². The Morgan fingerprint density at radius 2 is 1.95 bits per heavy atom. The van der Waals surface area contributed by atoms with Crippen molar-refractivity contribution in [1.82, 2.24) is 4.72 Å². The SMILES string of the molecule is COc1ccc(N(CCNS(C)(=O)=O)C(C)=O)c(OC)c1. The number of sulfonamides is 1. The van der Waals surface area contributed by atoms with Crippen LogP contribution in [0.4, 0.5) is 5.69 Å². The summed E-state index contributed by atoms with van der Waals surface area (Å²) >= 11 is 0. The normalized spacial score (nSPS) is 11.0. The number of benzene rings is 1. The van der Waals surface area contributed by atoms with Crippen LogP contribution in [-0.4, -0.2) is 47.9 Å². The third-order valence-corrected chi connectivity index (χ3v) is 3.49. The number of carbonyl (C=O) groups is 1. The quantitative estimate of drug-likeness (QED) is 0.796. The van der Waals surface area contributed by atoms with Crippen LogP contribution in [0.2, 0.25) is 0 Å². The van der Waals surface area contributed by atoms with E-state index in [9.17, 15) is 13.2 Å². The number of amides is 1. The molecule has 0 fully saturated rings. The van der Waals surface area contributed by atoms with Gasteiger partial charge in [0.05, 0.1) is 26.2 Å². The molecule has 0 spiro atoms. The second-order valence-corrected chi connectivity index (χ2v) is 6.21. The summed E-state index contributed by atoms with van der Waals surface area (Å²) in [6.07, 6.45) is 1.07. The Morgan fingerprint density at radius 3 is 2.43 bits per heavy atom. The molecule has 1 aromatic carbocycles. The first-order valence-corrected chi connectivity index (χ1v) is 8.12. The van der Waals surface area contributed by atoms with Crippen LogP contribution < -0.4 is 19.1 Å². The van der Waals surface area contributed by atoms with Gasteiger partial charge in [0.2, 0.25) is 15.9 Å². The highest BCUT2D eigenvalue weighted by Crippen LogP contribution is 2.32. The summed E-state index contributed by atoms with van der Waals surface area (Å²) in [7, 11) is -0.267. The molecule has 0 saturated heterocycles. The minimum absolute atomic E-state index is 0.119. The van der Waals surface area contributed by atoms with Crippen LogP contribution in [0.15, 0.2) is 18.2 Å². The van der Waals surface area contributed by atoms with Gasteiger partial charge in [0, 0.05) is 26.1 Å². The lowest BCUT2D eigenvalue weighted by Crippen LogP contribution is -2.37. The van der Waals surface area contributed by atoms with E-state index in [2.05, 4.69) is 4.72 Å². The molecule has 1 rings (SSSR count). The summed E-state index contributed by atoms with van der Waals surface area (Å²) in [5, 5.41) is 0. The molecule has 0 bridgehead atoms. The van der Waals surface area contributed by atoms with Gasteiger partial charge in [0.15, 0.2) is 0 Å². The number of rotatable bonds is 7. The molecule has 118 valence electrons. The van der Waals surface area contributed by atoms with Gasteiger partial charge in [-0.05, 0) is 12.1 Å². The highest BCUT2D eigenvalue weighted by Gasteiger charge is 2.17. The number of carbonyl (C=O) groups excluding carboxylic acids is 1. The molecule has 0 saturated carbocycles. The lowest BCUT2D eigenvalue weighted by Gasteiger charge is -2.23. The van der Waals surface area contributed by atoms with Crippen LogP contribution in [0.1, 0.15) is 6.92 Å². The van der Waals surface area contributed by atoms with Gasteiger partial charge in [0.1, 0.15) is 11.5 Å². The van der Waals surface area contributed by atoms with Gasteiger partial charge < -0.3 is 14.4 Å². The van der Waals surface area contributed by atoms with E-state index in [1.165, 1.54) is 26.0 Å². The molecule has 0 aromatic heterocycles. The Hall–Kier alpha value is -1.80. The molecular weight excluding hydrogens is 296 g/mol. The summed E-state index contributed by atoms with van der Waals surface area (Å²) < 4.78 is 34.8. The Kier molecular flexibility index (Phi) is 5.98. The van der Waals surface area contributed by atoms with Crippen LogP contribution in [0.25, 0.3) is 0 Å². The van der Waals surface area contributed by atoms with Crippen molar-refractivity contribution in [3.8, 4) is 11.5 Å². The molecule has 0 aliphatic carbocycles. The summed E-state index contributed by atoms with van der Waals surface area (Å²) in [6, 6.07) is 5.06. The van der Waals surface area contributed by atoms with E-state index in [0.29, 0.717) is 17.2 Å². The average Bonchev–Trinajstić information content (AvgIpc) is 2.41. The topological polar surface area (TPSA) is 84.9 Å². The first-order valence-electron chi connectivity index (χ1n) is 6.23. The smallest absolute Gasteiger partial charge is 0.224 e. The molecular formula is C13H20N2O5S. The largest absolute Gasteiger partial charge is 0.497 e. The van der Waals surface area contributed by atoms with Gasteiger partial charge >= 0.3 is 0 Å². The van der Waals surface area contributed by atoms with E-state index in [1.54, 1.807) is 18.2 Å². The number of nitrogens with one attached hydrogen (secondary N) is 1. The minimum Gasteiger partial charge on any atom is -0.497 e. The third kappa shape index (κ3) is 5.24. The fourth-order valence-corrected chi connectivity index (χ4v) is 2.26. The fraction of sp³-hybridized carbons (Fsp3) is 0.462. The summed E-state index contributed by atoms with van der Waals surface area (Å²) in [4.78, 5) is 13.2. The maximum absolute atomic E-state index is 11.8. The van der Waals surface area contributed by atoms with Crippen LogP contribution in [0.3, 0.4) is 0 Å². The first kappa shape index (κ1) is 17.3. The summed E-state index contributed by atoms with van der Waals surface area (Å²) in [5.41, 5.74) is 0.557. The van der Waals surface area contributed by atoms with E-state index < -0.39 is 10.0 Å². The number of hydrogen-bond acceptors (Lipinski definition) is 5. The lowest BCUT2D eigenvalue weighted by molar-refractivity contribution is -0.116. The molecule has 0 aliphatic heterocycles. The highest BCUT2D eigenvalue weighted by atomic mass is 32.2. The van der Waals surface area contributed by atoms with Crippen molar-refractivity contribution in [2.24, 2.45) is 0 Å². The van der Waals surface area contributed by atoms with E-state index in [0.717, 1.165) is 6.26 Å². The fourth-order valence-electron chi connectivity index (χ4n) is 1.80. The maximum Gasteiger partial charge on any atom is 0.224 e. The Morgan fingerprint density at radius 1 is 1.29 bits per heavy atom. The number of anilines is 1. The molecule has 8 heteroatoms. The molecule has 0 radical (unpaired) electrons. The van der Waals surface area contributed by atoms with E-state index >= 15 is 0 Å². The lowest BCUT2D eigenvalue weighted by atomic mass is 10.2. The Bertz CT molecular complexity index is 601. The van der Waals surface area contributed by atoms with Gasteiger partial charge in [-0.3, -0.25) is 4.79 Å². The van der Waals surface area contributed by atoms with Crippen molar-refractivity contribution in [3.63, 3.8) is 0 Å². The van der Waals surface area contributed by atoms with E-state index in [4.69, 9.17) is 9.47 Å². The van der Waals surface area contributed by atoms with Crippen molar-refractivity contribution in [2.45, 2.75) is 6.92 Å². The van der Waals surface area contributed by atoms with Crippen molar-refractivity contribution in [1.29, 1.82) is 0 Å². The van der Waals surface area contributed by atoms with Gasteiger partial charge in [0.25, 0.3) is 0 Å². The molecule has 21 heavy (non-hydrogen) atoms. The van der Waals surface area contributed by atoms with Gasteiger partial charge in [-0.2, -0.15) is 0 Å². The number of ether oxygens (including phenoxy) is 2. The number of hydrogen-bond donors (Lipinski definition) is 1. The summed E-state index contributed by atoms with van der Waals surface area (Å²) in [5.74, 6) is 0.867. The molecule has 0 atom stereocenters.